The van der Waals surface area contributed by atoms with Gasteiger partial charge in [0.2, 0.25) is 0 Å². The van der Waals surface area contributed by atoms with Crippen LogP contribution in [-0.4, -0.2) is 50.4 Å². The van der Waals surface area contributed by atoms with E-state index in [9.17, 15) is 5.11 Å². The van der Waals surface area contributed by atoms with Crippen LogP contribution < -0.4 is 14.8 Å². The van der Waals surface area contributed by atoms with Gasteiger partial charge in [-0.25, -0.2) is 0 Å². The standard InChI is InChI=1S/C15H24N2O3/c1-4-12(17-7-5-16-6-8-17)15-13(18)9-11(19-2)10-14(15)20-3/h9-10,12,16,18H,4-8H2,1-3H3/t12-/m1/s1. The van der Waals surface area contributed by atoms with Crippen molar-refractivity contribution in [2.45, 2.75) is 19.4 Å². The van der Waals surface area contributed by atoms with Crippen molar-refractivity contribution >= 4 is 0 Å². The molecular formula is C15H24N2O3. The Balaban J connectivity index is 2.37. The van der Waals surface area contributed by atoms with Crippen molar-refractivity contribution in [1.82, 2.24) is 10.2 Å². The summed E-state index contributed by atoms with van der Waals surface area (Å²) in [6, 6.07) is 3.65. The topological polar surface area (TPSA) is 54.0 Å². The summed E-state index contributed by atoms with van der Waals surface area (Å²) in [5, 5.41) is 13.7. The zero-order chi connectivity index (χ0) is 14.5. The molecule has 1 aliphatic rings. The van der Waals surface area contributed by atoms with Gasteiger partial charge in [0.15, 0.2) is 0 Å². The fourth-order valence-corrected chi connectivity index (χ4v) is 2.85. The maximum Gasteiger partial charge on any atom is 0.131 e. The molecule has 0 bridgehead atoms. The molecule has 1 heterocycles. The van der Waals surface area contributed by atoms with E-state index in [4.69, 9.17) is 9.47 Å². The zero-order valence-corrected chi connectivity index (χ0v) is 12.5. The van der Waals surface area contributed by atoms with Crippen LogP contribution in [0, 0.1) is 0 Å². The molecule has 20 heavy (non-hydrogen) atoms. The number of piperazine rings is 1. The first-order valence-electron chi connectivity index (χ1n) is 7.10. The fourth-order valence-electron chi connectivity index (χ4n) is 2.85. The number of hydrogen-bond acceptors (Lipinski definition) is 5. The SMILES string of the molecule is CC[C@H](c1c(O)cc(OC)cc1OC)N1CCNCC1. The van der Waals surface area contributed by atoms with Crippen LogP contribution in [0.3, 0.4) is 0 Å². The summed E-state index contributed by atoms with van der Waals surface area (Å²) >= 11 is 0. The second-order valence-electron chi connectivity index (χ2n) is 4.97. The molecule has 0 spiro atoms. The number of nitrogens with one attached hydrogen (secondary N) is 1. The molecule has 1 saturated heterocycles. The van der Waals surface area contributed by atoms with Gasteiger partial charge in [-0.3, -0.25) is 4.90 Å². The highest BCUT2D eigenvalue weighted by Gasteiger charge is 2.26. The summed E-state index contributed by atoms with van der Waals surface area (Å²) < 4.78 is 10.6. The Bertz CT molecular complexity index is 445. The third kappa shape index (κ3) is 2.99. The highest BCUT2D eigenvalue weighted by Crippen LogP contribution is 2.41. The van der Waals surface area contributed by atoms with Gasteiger partial charge in [0.25, 0.3) is 0 Å². The third-order valence-corrected chi connectivity index (χ3v) is 3.86. The molecule has 0 unspecified atom stereocenters. The summed E-state index contributed by atoms with van der Waals surface area (Å²) in [7, 11) is 3.21. The fraction of sp³-hybridized carbons (Fsp3) is 0.600. The molecule has 1 atom stereocenters. The van der Waals surface area contributed by atoms with Crippen LogP contribution in [0.25, 0.3) is 0 Å². The Hall–Kier alpha value is -1.46. The molecule has 112 valence electrons. The van der Waals surface area contributed by atoms with E-state index in [-0.39, 0.29) is 11.8 Å². The summed E-state index contributed by atoms with van der Waals surface area (Å²) in [5.41, 5.74) is 0.859. The Kier molecular flexibility index (Phi) is 5.09. The molecule has 5 nitrogen and oxygen atoms in total. The van der Waals surface area contributed by atoms with Crippen molar-refractivity contribution in [2.24, 2.45) is 0 Å². The second-order valence-corrected chi connectivity index (χ2v) is 4.97. The van der Waals surface area contributed by atoms with Gasteiger partial charge < -0.3 is 19.9 Å². The predicted molar refractivity (Wildman–Crippen MR) is 78.7 cm³/mol. The second kappa shape index (κ2) is 6.81. The lowest BCUT2D eigenvalue weighted by atomic mass is 9.99. The molecule has 2 rings (SSSR count). The highest BCUT2D eigenvalue weighted by molar-refractivity contribution is 5.51. The van der Waals surface area contributed by atoms with Gasteiger partial charge in [-0.1, -0.05) is 6.92 Å². The lowest BCUT2D eigenvalue weighted by molar-refractivity contribution is 0.163. The number of benzene rings is 1. The molecular weight excluding hydrogens is 256 g/mol. The van der Waals surface area contributed by atoms with E-state index >= 15 is 0 Å². The Morgan fingerprint density at radius 3 is 2.50 bits per heavy atom. The summed E-state index contributed by atoms with van der Waals surface area (Å²) in [4.78, 5) is 2.39. The first-order chi connectivity index (χ1) is 9.71. The minimum absolute atomic E-state index is 0.165. The van der Waals surface area contributed by atoms with E-state index in [0.717, 1.165) is 38.2 Å². The van der Waals surface area contributed by atoms with Gasteiger partial charge in [0.1, 0.15) is 17.2 Å². The van der Waals surface area contributed by atoms with Crippen LogP contribution in [0.2, 0.25) is 0 Å². The van der Waals surface area contributed by atoms with Crippen molar-refractivity contribution in [2.75, 3.05) is 40.4 Å². The van der Waals surface area contributed by atoms with Crippen LogP contribution in [0.15, 0.2) is 12.1 Å². The van der Waals surface area contributed by atoms with Crippen molar-refractivity contribution < 1.29 is 14.6 Å². The molecule has 1 fully saturated rings. The first-order valence-corrected chi connectivity index (χ1v) is 7.10. The summed E-state index contributed by atoms with van der Waals surface area (Å²) in [6.07, 6.45) is 0.927. The highest BCUT2D eigenvalue weighted by atomic mass is 16.5. The lowest BCUT2D eigenvalue weighted by Gasteiger charge is -2.35. The largest absolute Gasteiger partial charge is 0.507 e. The van der Waals surface area contributed by atoms with E-state index in [1.54, 1.807) is 20.3 Å². The van der Waals surface area contributed by atoms with Crippen molar-refractivity contribution in [1.29, 1.82) is 0 Å². The molecule has 0 aromatic heterocycles. The molecule has 5 heteroatoms. The zero-order valence-electron chi connectivity index (χ0n) is 12.5. The normalized spacial score (nSPS) is 17.8. The maximum absolute atomic E-state index is 10.4. The van der Waals surface area contributed by atoms with Crippen LogP contribution in [0.1, 0.15) is 24.9 Å². The lowest BCUT2D eigenvalue weighted by Crippen LogP contribution is -2.45. The first kappa shape index (κ1) is 14.9. The quantitative estimate of drug-likeness (QED) is 0.861. The van der Waals surface area contributed by atoms with Crippen LogP contribution in [0.4, 0.5) is 0 Å². The van der Waals surface area contributed by atoms with E-state index in [1.807, 2.05) is 6.07 Å². The maximum atomic E-state index is 10.4. The van der Waals surface area contributed by atoms with Crippen molar-refractivity contribution in [3.8, 4) is 17.2 Å². The van der Waals surface area contributed by atoms with Crippen LogP contribution in [0.5, 0.6) is 17.2 Å². The predicted octanol–water partition coefficient (Wildman–Crippen LogP) is 1.77. The van der Waals surface area contributed by atoms with E-state index < -0.39 is 0 Å². The summed E-state index contributed by atoms with van der Waals surface area (Å²) in [6.45, 7) is 6.06. The van der Waals surface area contributed by atoms with Crippen molar-refractivity contribution in [3.05, 3.63) is 17.7 Å². The molecule has 2 N–H and O–H groups in total. The summed E-state index contributed by atoms with van der Waals surface area (Å²) in [5.74, 6) is 1.54. The van der Waals surface area contributed by atoms with Gasteiger partial charge in [-0.05, 0) is 6.42 Å². The Labute approximate surface area is 120 Å². The number of aromatic hydroxyl groups is 1. The minimum Gasteiger partial charge on any atom is -0.507 e. The van der Waals surface area contributed by atoms with E-state index in [1.165, 1.54) is 0 Å². The number of phenolic OH excluding ortho intramolecular Hbond substituents is 1. The van der Waals surface area contributed by atoms with Gasteiger partial charge in [-0.2, -0.15) is 0 Å². The van der Waals surface area contributed by atoms with E-state index in [2.05, 4.69) is 17.1 Å². The monoisotopic (exact) mass is 280 g/mol. The molecule has 1 aromatic carbocycles. The Morgan fingerprint density at radius 2 is 1.95 bits per heavy atom. The third-order valence-electron chi connectivity index (χ3n) is 3.86. The number of hydrogen-bond donors (Lipinski definition) is 2. The molecule has 0 amide bonds. The number of methoxy groups -OCH3 is 2. The molecule has 0 aliphatic carbocycles. The van der Waals surface area contributed by atoms with Gasteiger partial charge in [-0.15, -0.1) is 0 Å². The minimum atomic E-state index is 0.165. The Morgan fingerprint density at radius 1 is 1.25 bits per heavy atom. The van der Waals surface area contributed by atoms with E-state index in [0.29, 0.717) is 11.5 Å². The van der Waals surface area contributed by atoms with Crippen LogP contribution >= 0.6 is 0 Å². The average molecular weight is 280 g/mol. The molecule has 0 radical (unpaired) electrons. The number of phenols is 1. The van der Waals surface area contributed by atoms with Gasteiger partial charge in [0, 0.05) is 44.4 Å². The van der Waals surface area contributed by atoms with Crippen LogP contribution in [-0.2, 0) is 0 Å². The number of rotatable bonds is 5. The molecule has 0 saturated carbocycles. The smallest absolute Gasteiger partial charge is 0.131 e. The van der Waals surface area contributed by atoms with Gasteiger partial charge >= 0.3 is 0 Å². The molecule has 1 aromatic rings. The van der Waals surface area contributed by atoms with Gasteiger partial charge in [0.05, 0.1) is 19.8 Å². The average Bonchev–Trinajstić information content (AvgIpc) is 2.50. The van der Waals surface area contributed by atoms with Crippen molar-refractivity contribution in [3.63, 3.8) is 0 Å². The number of nitrogens with zero attached hydrogens (tertiary/aromatic N) is 1. The molecule has 1 aliphatic heterocycles. The number of ether oxygens (including phenoxy) is 2.